The van der Waals surface area contributed by atoms with Gasteiger partial charge in [0, 0.05) is 35.9 Å². The van der Waals surface area contributed by atoms with Gasteiger partial charge in [-0.25, -0.2) is 21.8 Å². The molecule has 1 fully saturated rings. The summed E-state index contributed by atoms with van der Waals surface area (Å²) in [4.78, 5) is 16.5. The minimum absolute atomic E-state index is 0.0338. The molecule has 2 heterocycles. The maximum atomic E-state index is 12.6. The molecule has 0 atom stereocenters. The van der Waals surface area contributed by atoms with E-state index in [1.165, 1.54) is 46.1 Å². The third kappa shape index (κ3) is 5.98. The number of morpholine rings is 1. The fourth-order valence-corrected chi connectivity index (χ4v) is 6.54. The molecule has 3 aromatic rings. The van der Waals surface area contributed by atoms with Crippen molar-refractivity contribution in [2.75, 3.05) is 36.3 Å². The van der Waals surface area contributed by atoms with Crippen molar-refractivity contribution in [3.63, 3.8) is 0 Å². The zero-order valence-electron chi connectivity index (χ0n) is 17.9. The Balaban J connectivity index is 1.37. The zero-order chi connectivity index (χ0) is 24.2. The predicted octanol–water partition coefficient (Wildman–Crippen LogP) is 2.36. The summed E-state index contributed by atoms with van der Waals surface area (Å²) in [7, 11) is -7.24. The molecule has 2 N–H and O–H groups in total. The normalized spacial score (nSPS) is 15.1. The van der Waals surface area contributed by atoms with E-state index in [2.05, 4.69) is 15.0 Å². The molecule has 0 aliphatic carbocycles. The maximum absolute atomic E-state index is 12.6. The van der Waals surface area contributed by atoms with Crippen LogP contribution in [0, 0.1) is 0 Å². The summed E-state index contributed by atoms with van der Waals surface area (Å²) in [5.74, 6) is -0.557. The van der Waals surface area contributed by atoms with E-state index in [1.807, 2.05) is 0 Å². The highest BCUT2D eigenvalue weighted by molar-refractivity contribution is 7.93. The third-order valence-corrected chi connectivity index (χ3v) is 9.03. The summed E-state index contributed by atoms with van der Waals surface area (Å²) in [6, 6.07) is 12.0. The van der Waals surface area contributed by atoms with Crippen LogP contribution in [-0.2, 0) is 30.5 Å². The quantitative estimate of drug-likeness (QED) is 0.464. The number of nitrogens with zero attached hydrogens (tertiary/aromatic N) is 2. The largest absolute Gasteiger partial charge is 0.379 e. The SMILES string of the molecule is O=C(Nc1ccc(S(=O)(=O)Nc2nccs2)cc1)c1ccc(CS(=O)(=O)N2CCOCC2)cc1. The van der Waals surface area contributed by atoms with E-state index in [4.69, 9.17) is 4.74 Å². The summed E-state index contributed by atoms with van der Waals surface area (Å²) < 4.78 is 58.9. The minimum Gasteiger partial charge on any atom is -0.379 e. The maximum Gasteiger partial charge on any atom is 0.263 e. The van der Waals surface area contributed by atoms with Crippen LogP contribution in [-0.4, -0.2) is 58.3 Å². The van der Waals surface area contributed by atoms with Crippen molar-refractivity contribution in [1.82, 2.24) is 9.29 Å². The molecule has 1 aliphatic rings. The van der Waals surface area contributed by atoms with Gasteiger partial charge in [0.25, 0.3) is 15.9 Å². The molecule has 180 valence electrons. The molecule has 10 nitrogen and oxygen atoms in total. The number of nitrogens with one attached hydrogen (secondary N) is 2. The number of carbonyl (C=O) groups excluding carboxylic acids is 1. The first-order valence-electron chi connectivity index (χ1n) is 10.2. The summed E-state index contributed by atoms with van der Waals surface area (Å²) in [5, 5.41) is 4.62. The van der Waals surface area contributed by atoms with Crippen molar-refractivity contribution in [3.8, 4) is 0 Å². The number of amides is 1. The first kappa shape index (κ1) is 24.3. The van der Waals surface area contributed by atoms with E-state index in [9.17, 15) is 21.6 Å². The minimum atomic E-state index is -3.78. The highest BCUT2D eigenvalue weighted by Gasteiger charge is 2.24. The van der Waals surface area contributed by atoms with E-state index >= 15 is 0 Å². The fraction of sp³-hybridized carbons (Fsp3) is 0.238. The molecule has 4 rings (SSSR count). The van der Waals surface area contributed by atoms with Crippen molar-refractivity contribution in [2.24, 2.45) is 0 Å². The van der Waals surface area contributed by atoms with Gasteiger partial charge in [-0.3, -0.25) is 9.52 Å². The second-order valence-corrected chi connectivity index (χ2v) is 11.9. The predicted molar refractivity (Wildman–Crippen MR) is 129 cm³/mol. The molecule has 0 bridgehead atoms. The fourth-order valence-electron chi connectivity index (χ4n) is 3.25. The Hall–Kier alpha value is -2.84. The molecular weight excluding hydrogens is 500 g/mol. The number of carbonyl (C=O) groups is 1. The van der Waals surface area contributed by atoms with E-state index in [1.54, 1.807) is 29.6 Å². The van der Waals surface area contributed by atoms with Crippen LogP contribution in [0.4, 0.5) is 10.8 Å². The van der Waals surface area contributed by atoms with Crippen molar-refractivity contribution >= 4 is 48.1 Å². The van der Waals surface area contributed by atoms with Crippen LogP contribution in [0.3, 0.4) is 0 Å². The van der Waals surface area contributed by atoms with Crippen LogP contribution in [0.25, 0.3) is 0 Å². The molecule has 34 heavy (non-hydrogen) atoms. The van der Waals surface area contributed by atoms with E-state index in [0.29, 0.717) is 43.1 Å². The number of hydrogen-bond donors (Lipinski definition) is 2. The first-order valence-corrected chi connectivity index (χ1v) is 14.2. The number of rotatable bonds is 8. The molecule has 2 aromatic carbocycles. The van der Waals surface area contributed by atoms with Gasteiger partial charge in [-0.05, 0) is 42.0 Å². The smallest absolute Gasteiger partial charge is 0.263 e. The van der Waals surface area contributed by atoms with Gasteiger partial charge in [0.05, 0.1) is 23.9 Å². The molecule has 0 unspecified atom stereocenters. The summed E-state index contributed by atoms with van der Waals surface area (Å²) in [6.45, 7) is 1.44. The second kappa shape index (κ2) is 10.2. The molecule has 13 heteroatoms. The number of benzene rings is 2. The highest BCUT2D eigenvalue weighted by atomic mass is 32.2. The van der Waals surface area contributed by atoms with Crippen LogP contribution in [0.1, 0.15) is 15.9 Å². The Bertz CT molecular complexity index is 1330. The van der Waals surface area contributed by atoms with Crippen molar-refractivity contribution in [3.05, 3.63) is 71.2 Å². The lowest BCUT2D eigenvalue weighted by atomic mass is 10.1. The van der Waals surface area contributed by atoms with Gasteiger partial charge < -0.3 is 10.1 Å². The van der Waals surface area contributed by atoms with Gasteiger partial charge in [0.2, 0.25) is 10.0 Å². The van der Waals surface area contributed by atoms with Gasteiger partial charge in [-0.1, -0.05) is 12.1 Å². The Kier molecular flexibility index (Phi) is 7.28. The molecule has 1 saturated heterocycles. The standard InChI is InChI=1S/C21H22N4O6S3/c26-20(17-3-1-16(2-4-17)15-33(27,28)25-10-12-31-13-11-25)23-18-5-7-19(8-6-18)34(29,30)24-21-22-9-14-32-21/h1-9,14H,10-13,15H2,(H,22,24)(H,23,26). The summed E-state index contributed by atoms with van der Waals surface area (Å²) >= 11 is 1.17. The first-order chi connectivity index (χ1) is 16.2. The van der Waals surface area contributed by atoms with Crippen molar-refractivity contribution in [1.29, 1.82) is 0 Å². The number of anilines is 2. The van der Waals surface area contributed by atoms with E-state index in [0.717, 1.165) is 0 Å². The topological polar surface area (TPSA) is 135 Å². The van der Waals surface area contributed by atoms with Gasteiger partial charge in [-0.15, -0.1) is 11.3 Å². The van der Waals surface area contributed by atoms with Crippen LogP contribution >= 0.6 is 11.3 Å². The average molecular weight is 523 g/mol. The van der Waals surface area contributed by atoms with Gasteiger partial charge in [0.1, 0.15) is 0 Å². The lowest BCUT2D eigenvalue weighted by Crippen LogP contribution is -2.41. The molecular formula is C21H22N4O6S3. The molecule has 1 aliphatic heterocycles. The number of sulfonamides is 2. The number of ether oxygens (including phenoxy) is 1. The van der Waals surface area contributed by atoms with Gasteiger partial charge in [-0.2, -0.15) is 4.31 Å². The van der Waals surface area contributed by atoms with Crippen LogP contribution in [0.5, 0.6) is 0 Å². The van der Waals surface area contributed by atoms with E-state index < -0.39 is 26.0 Å². The monoisotopic (exact) mass is 522 g/mol. The Morgan fingerprint density at radius 3 is 2.29 bits per heavy atom. The molecule has 1 amide bonds. The lowest BCUT2D eigenvalue weighted by Gasteiger charge is -2.26. The van der Waals surface area contributed by atoms with Crippen molar-refractivity contribution in [2.45, 2.75) is 10.6 Å². The Morgan fingerprint density at radius 1 is 1.00 bits per heavy atom. The molecule has 0 spiro atoms. The summed E-state index contributed by atoms with van der Waals surface area (Å²) in [5.41, 5.74) is 1.33. The molecule has 0 radical (unpaired) electrons. The Morgan fingerprint density at radius 2 is 1.68 bits per heavy atom. The van der Waals surface area contributed by atoms with Gasteiger partial charge in [0.15, 0.2) is 5.13 Å². The molecule has 0 saturated carbocycles. The third-order valence-electron chi connectivity index (χ3n) is 5.01. The number of thiazole rings is 1. The number of aromatic nitrogens is 1. The highest BCUT2D eigenvalue weighted by Crippen LogP contribution is 2.20. The van der Waals surface area contributed by atoms with Crippen LogP contribution in [0.15, 0.2) is 65.0 Å². The van der Waals surface area contributed by atoms with Gasteiger partial charge >= 0.3 is 0 Å². The Labute approximate surface area is 201 Å². The summed E-state index contributed by atoms with van der Waals surface area (Å²) in [6.07, 6.45) is 1.50. The zero-order valence-corrected chi connectivity index (χ0v) is 20.3. The van der Waals surface area contributed by atoms with Crippen LogP contribution in [0.2, 0.25) is 0 Å². The second-order valence-electron chi connectivity index (χ2n) is 7.39. The number of hydrogen-bond acceptors (Lipinski definition) is 8. The van der Waals surface area contributed by atoms with E-state index in [-0.39, 0.29) is 15.8 Å². The average Bonchev–Trinajstić information content (AvgIpc) is 3.32. The lowest BCUT2D eigenvalue weighted by molar-refractivity contribution is 0.0729. The molecule has 1 aromatic heterocycles. The van der Waals surface area contributed by atoms with Crippen molar-refractivity contribution < 1.29 is 26.4 Å². The van der Waals surface area contributed by atoms with Crippen LogP contribution < -0.4 is 10.0 Å².